The number of rotatable bonds is 4. The molecule has 3 aromatic rings. The van der Waals surface area contributed by atoms with E-state index in [2.05, 4.69) is 10.3 Å². The molecule has 0 fully saturated rings. The fourth-order valence-corrected chi connectivity index (χ4v) is 2.69. The molecule has 0 aliphatic carbocycles. The number of amides is 1. The molecule has 0 saturated heterocycles. The topological polar surface area (TPSA) is 46.9 Å². The summed E-state index contributed by atoms with van der Waals surface area (Å²) in [6.07, 6.45) is -0.960. The molecule has 2 aromatic carbocycles. The Morgan fingerprint density at radius 1 is 1.19 bits per heavy atom. The van der Waals surface area contributed by atoms with Crippen molar-refractivity contribution in [2.75, 3.05) is 5.32 Å². The van der Waals surface area contributed by atoms with Crippen LogP contribution in [-0.4, -0.2) is 15.5 Å². The van der Waals surface area contributed by atoms with Crippen LogP contribution < -0.4 is 5.32 Å². The van der Waals surface area contributed by atoms with Crippen LogP contribution >= 0.6 is 11.6 Å². The van der Waals surface area contributed by atoms with Gasteiger partial charge in [0.1, 0.15) is 5.82 Å². The molecule has 1 aromatic heterocycles. The number of aryl methyl sites for hydroxylation is 1. The normalized spacial score (nSPS) is 11.4. The summed E-state index contributed by atoms with van der Waals surface area (Å²) in [5.74, 6) is 0.331. The van der Waals surface area contributed by atoms with E-state index in [0.29, 0.717) is 12.1 Å². The van der Waals surface area contributed by atoms with Crippen LogP contribution in [0.3, 0.4) is 0 Å². The molecule has 0 aliphatic heterocycles. The van der Waals surface area contributed by atoms with Crippen LogP contribution in [0.25, 0.3) is 0 Å². The van der Waals surface area contributed by atoms with Crippen LogP contribution in [0.2, 0.25) is 5.02 Å². The molecule has 1 heterocycles. The van der Waals surface area contributed by atoms with Gasteiger partial charge in [0.25, 0.3) is 5.91 Å². The average molecular weight is 394 g/mol. The second kappa shape index (κ2) is 7.44. The van der Waals surface area contributed by atoms with Gasteiger partial charge in [-0.3, -0.25) is 4.79 Å². The lowest BCUT2D eigenvalue weighted by Gasteiger charge is -2.12. The van der Waals surface area contributed by atoms with E-state index in [1.165, 1.54) is 0 Å². The molecule has 8 heteroatoms. The highest BCUT2D eigenvalue weighted by molar-refractivity contribution is 6.34. The van der Waals surface area contributed by atoms with Gasteiger partial charge in [-0.15, -0.1) is 0 Å². The largest absolute Gasteiger partial charge is 0.416 e. The number of alkyl halides is 3. The van der Waals surface area contributed by atoms with Gasteiger partial charge in [-0.25, -0.2) is 4.98 Å². The second-order valence-electron chi connectivity index (χ2n) is 5.95. The Morgan fingerprint density at radius 3 is 2.48 bits per heavy atom. The number of nitrogens with one attached hydrogen (secondary N) is 1. The molecule has 0 bridgehead atoms. The molecule has 4 nitrogen and oxygen atoms in total. The number of aromatic nitrogens is 2. The molecule has 0 aliphatic rings. The summed E-state index contributed by atoms with van der Waals surface area (Å²) in [5.41, 5.74) is 0.308. The van der Waals surface area contributed by atoms with Gasteiger partial charge in [0.05, 0.1) is 16.3 Å². The third-order valence-corrected chi connectivity index (χ3v) is 4.36. The lowest BCUT2D eigenvalue weighted by molar-refractivity contribution is -0.137. The lowest BCUT2D eigenvalue weighted by Crippen LogP contribution is -2.14. The van der Waals surface area contributed by atoms with E-state index in [-0.39, 0.29) is 10.7 Å². The van der Waals surface area contributed by atoms with Crippen molar-refractivity contribution in [2.45, 2.75) is 19.6 Å². The van der Waals surface area contributed by atoms with Crippen molar-refractivity contribution >= 4 is 23.2 Å². The van der Waals surface area contributed by atoms with E-state index >= 15 is 0 Å². The first kappa shape index (κ1) is 19.0. The van der Waals surface area contributed by atoms with Crippen molar-refractivity contribution in [3.63, 3.8) is 0 Å². The van der Waals surface area contributed by atoms with Gasteiger partial charge < -0.3 is 9.88 Å². The molecular formula is C19H15ClF3N3O. The highest BCUT2D eigenvalue weighted by Gasteiger charge is 2.31. The van der Waals surface area contributed by atoms with E-state index < -0.39 is 17.6 Å². The molecule has 140 valence electrons. The zero-order chi connectivity index (χ0) is 19.6. The van der Waals surface area contributed by atoms with E-state index in [4.69, 9.17) is 11.6 Å². The summed E-state index contributed by atoms with van der Waals surface area (Å²) >= 11 is 5.91. The van der Waals surface area contributed by atoms with Crippen molar-refractivity contribution in [1.29, 1.82) is 0 Å². The molecule has 27 heavy (non-hydrogen) atoms. The number of carbonyl (C=O) groups excluding carboxylic acids is 1. The maximum atomic E-state index is 12.8. The number of carbonyl (C=O) groups is 1. The fourth-order valence-electron chi connectivity index (χ4n) is 2.52. The third kappa shape index (κ3) is 4.49. The van der Waals surface area contributed by atoms with Crippen LogP contribution in [0.5, 0.6) is 0 Å². The zero-order valence-corrected chi connectivity index (χ0v) is 15.0. The monoisotopic (exact) mass is 393 g/mol. The van der Waals surface area contributed by atoms with E-state index in [0.717, 1.165) is 29.6 Å². The van der Waals surface area contributed by atoms with Gasteiger partial charge in [0.15, 0.2) is 0 Å². The average Bonchev–Trinajstić information content (AvgIpc) is 3.01. The van der Waals surface area contributed by atoms with Crippen molar-refractivity contribution in [3.05, 3.63) is 82.4 Å². The van der Waals surface area contributed by atoms with E-state index in [1.807, 2.05) is 17.7 Å². The number of hydrogen-bond donors (Lipinski definition) is 1. The molecule has 1 N–H and O–H groups in total. The van der Waals surface area contributed by atoms with Gasteiger partial charge in [0.2, 0.25) is 0 Å². The third-order valence-electron chi connectivity index (χ3n) is 4.03. The summed E-state index contributed by atoms with van der Waals surface area (Å²) < 4.78 is 40.4. The Bertz CT molecular complexity index is 965. The lowest BCUT2D eigenvalue weighted by atomic mass is 10.1. The number of benzene rings is 2. The number of halogens is 4. The molecule has 3 rings (SSSR count). The van der Waals surface area contributed by atoms with Gasteiger partial charge in [-0.2, -0.15) is 13.2 Å². The number of hydrogen-bond acceptors (Lipinski definition) is 2. The highest BCUT2D eigenvalue weighted by Crippen LogP contribution is 2.34. The number of anilines is 1. The smallest absolute Gasteiger partial charge is 0.331 e. The maximum absolute atomic E-state index is 12.8. The van der Waals surface area contributed by atoms with Crippen molar-refractivity contribution in [3.8, 4) is 0 Å². The molecule has 0 saturated carbocycles. The predicted molar refractivity (Wildman–Crippen MR) is 96.9 cm³/mol. The fraction of sp³-hybridized carbons (Fsp3) is 0.158. The van der Waals surface area contributed by atoms with Crippen LogP contribution in [0.15, 0.2) is 54.9 Å². The minimum Gasteiger partial charge on any atom is -0.331 e. The van der Waals surface area contributed by atoms with Gasteiger partial charge in [-0.05, 0) is 42.8 Å². The van der Waals surface area contributed by atoms with Crippen molar-refractivity contribution < 1.29 is 18.0 Å². The Balaban J connectivity index is 1.74. The predicted octanol–water partition coefficient (Wildman–Crippen LogP) is 5.16. The Kier molecular flexibility index (Phi) is 5.23. The van der Waals surface area contributed by atoms with E-state index in [9.17, 15) is 18.0 Å². The molecule has 0 atom stereocenters. The first-order valence-corrected chi connectivity index (χ1v) is 8.36. The minimum absolute atomic E-state index is 0.0311. The summed E-state index contributed by atoms with van der Waals surface area (Å²) in [7, 11) is 0. The Labute approximate surface area is 158 Å². The standard InChI is InChI=1S/C19H15ClF3N3O/c1-12-24-8-9-26(12)11-13-2-4-14(5-3-13)18(27)25-17-10-15(19(21,22)23)6-7-16(17)20/h2-10H,11H2,1H3,(H,25,27). The van der Waals surface area contributed by atoms with Crippen LogP contribution in [-0.2, 0) is 12.7 Å². The molecule has 0 radical (unpaired) electrons. The van der Waals surface area contributed by atoms with Crippen LogP contribution in [0.1, 0.15) is 27.3 Å². The summed E-state index contributed by atoms with van der Waals surface area (Å²) in [4.78, 5) is 16.5. The highest BCUT2D eigenvalue weighted by atomic mass is 35.5. The van der Waals surface area contributed by atoms with Gasteiger partial charge in [-0.1, -0.05) is 23.7 Å². The maximum Gasteiger partial charge on any atom is 0.416 e. The van der Waals surface area contributed by atoms with E-state index in [1.54, 1.807) is 30.5 Å². The summed E-state index contributed by atoms with van der Waals surface area (Å²) in [6.45, 7) is 2.49. The summed E-state index contributed by atoms with van der Waals surface area (Å²) in [6, 6.07) is 9.57. The Hall–Kier alpha value is -2.80. The first-order valence-electron chi connectivity index (χ1n) is 7.99. The molecule has 1 amide bonds. The van der Waals surface area contributed by atoms with Crippen LogP contribution in [0.4, 0.5) is 18.9 Å². The van der Waals surface area contributed by atoms with Crippen molar-refractivity contribution in [2.24, 2.45) is 0 Å². The number of imidazole rings is 1. The Morgan fingerprint density at radius 2 is 1.89 bits per heavy atom. The zero-order valence-electron chi connectivity index (χ0n) is 14.2. The van der Waals surface area contributed by atoms with Gasteiger partial charge >= 0.3 is 6.18 Å². The first-order chi connectivity index (χ1) is 12.7. The van der Waals surface area contributed by atoms with Gasteiger partial charge in [0, 0.05) is 24.5 Å². The molecule has 0 unspecified atom stereocenters. The second-order valence-corrected chi connectivity index (χ2v) is 6.35. The quantitative estimate of drug-likeness (QED) is 0.665. The SMILES string of the molecule is Cc1nccn1Cc1ccc(C(=O)Nc2cc(C(F)(F)F)ccc2Cl)cc1. The van der Waals surface area contributed by atoms with Crippen molar-refractivity contribution in [1.82, 2.24) is 9.55 Å². The summed E-state index contributed by atoms with van der Waals surface area (Å²) in [5, 5.41) is 2.46. The molecule has 0 spiro atoms. The van der Waals surface area contributed by atoms with Crippen LogP contribution in [0, 0.1) is 6.92 Å². The number of nitrogens with zero attached hydrogens (tertiary/aromatic N) is 2. The molecular weight excluding hydrogens is 379 g/mol. The minimum atomic E-state index is -4.52.